The average molecular weight is 334 g/mol. The van der Waals surface area contributed by atoms with Crippen molar-refractivity contribution in [2.45, 2.75) is 13.2 Å². The first-order valence-electron chi connectivity index (χ1n) is 5.17. The van der Waals surface area contributed by atoms with Crippen LogP contribution in [0, 0.1) is 0 Å². The molecule has 1 aromatic heterocycles. The predicted octanol–water partition coefficient (Wildman–Crippen LogP) is 4.72. The first kappa shape index (κ1) is 13.3. The van der Waals surface area contributed by atoms with Crippen molar-refractivity contribution >= 4 is 33.0 Å². The van der Waals surface area contributed by atoms with E-state index in [2.05, 4.69) is 26.0 Å². The minimum Gasteiger partial charge on any atom is -0.433 e. The molecule has 0 radical (unpaired) electrons. The van der Waals surface area contributed by atoms with Crippen LogP contribution in [0.5, 0.6) is 5.75 Å². The molecule has 6 heteroatoms. The second-order valence-electron chi connectivity index (χ2n) is 3.43. The highest BCUT2D eigenvalue weighted by Crippen LogP contribution is 2.27. The first-order valence-corrected chi connectivity index (χ1v) is 6.78. The summed E-state index contributed by atoms with van der Waals surface area (Å²) in [6.07, 6.45) is 0. The highest BCUT2D eigenvalue weighted by molar-refractivity contribution is 9.11. The second-order valence-corrected chi connectivity index (χ2v) is 5.98. The summed E-state index contributed by atoms with van der Waals surface area (Å²) >= 11 is 4.96. The standard InChI is InChI=1S/C12H10BrF2NOS/c13-11-6-5-8(18-11)7-16-9-3-1-2-4-10(9)17-12(14)15/h1-6,12,16H,7H2. The number of nitrogens with one attached hydrogen (secondary N) is 1. The maximum absolute atomic E-state index is 12.2. The number of halogens is 3. The smallest absolute Gasteiger partial charge is 0.387 e. The van der Waals surface area contributed by atoms with Gasteiger partial charge in [-0.15, -0.1) is 11.3 Å². The van der Waals surface area contributed by atoms with Crippen LogP contribution in [0.15, 0.2) is 40.2 Å². The lowest BCUT2D eigenvalue weighted by Gasteiger charge is -2.11. The Labute approximate surface area is 116 Å². The maximum Gasteiger partial charge on any atom is 0.387 e. The van der Waals surface area contributed by atoms with Crippen LogP contribution in [-0.4, -0.2) is 6.61 Å². The molecule has 2 rings (SSSR count). The molecule has 0 bridgehead atoms. The number of thiophene rings is 1. The monoisotopic (exact) mass is 333 g/mol. The van der Waals surface area contributed by atoms with E-state index in [1.165, 1.54) is 6.07 Å². The van der Waals surface area contributed by atoms with Crippen LogP contribution in [0.25, 0.3) is 0 Å². The van der Waals surface area contributed by atoms with Gasteiger partial charge in [-0.3, -0.25) is 0 Å². The maximum atomic E-state index is 12.2. The van der Waals surface area contributed by atoms with Crippen molar-refractivity contribution in [1.82, 2.24) is 0 Å². The summed E-state index contributed by atoms with van der Waals surface area (Å²) in [5, 5.41) is 3.08. The fraction of sp³-hybridized carbons (Fsp3) is 0.167. The minimum atomic E-state index is -2.82. The number of hydrogen-bond donors (Lipinski definition) is 1. The van der Waals surface area contributed by atoms with Crippen molar-refractivity contribution < 1.29 is 13.5 Å². The summed E-state index contributed by atoms with van der Waals surface area (Å²) in [6.45, 7) is -2.25. The Morgan fingerprint density at radius 1 is 1.22 bits per heavy atom. The van der Waals surface area contributed by atoms with Crippen molar-refractivity contribution in [3.63, 3.8) is 0 Å². The zero-order valence-electron chi connectivity index (χ0n) is 9.20. The molecule has 0 saturated heterocycles. The van der Waals surface area contributed by atoms with E-state index in [-0.39, 0.29) is 5.75 Å². The third-order valence-corrected chi connectivity index (χ3v) is 3.81. The highest BCUT2D eigenvalue weighted by atomic mass is 79.9. The van der Waals surface area contributed by atoms with Crippen LogP contribution in [0.2, 0.25) is 0 Å². The normalized spacial score (nSPS) is 10.7. The number of ether oxygens (including phenoxy) is 1. The summed E-state index contributed by atoms with van der Waals surface area (Å²) < 4.78 is 29.9. The van der Waals surface area contributed by atoms with E-state index >= 15 is 0 Å². The van der Waals surface area contributed by atoms with E-state index in [1.807, 2.05) is 12.1 Å². The molecule has 96 valence electrons. The highest BCUT2D eigenvalue weighted by Gasteiger charge is 2.08. The van der Waals surface area contributed by atoms with Gasteiger partial charge in [0.1, 0.15) is 5.75 Å². The van der Waals surface area contributed by atoms with Gasteiger partial charge in [0.25, 0.3) is 0 Å². The van der Waals surface area contributed by atoms with Crippen LogP contribution in [0.4, 0.5) is 14.5 Å². The minimum absolute atomic E-state index is 0.156. The van der Waals surface area contributed by atoms with E-state index in [1.54, 1.807) is 29.5 Å². The van der Waals surface area contributed by atoms with Gasteiger partial charge in [-0.05, 0) is 40.2 Å². The van der Waals surface area contributed by atoms with E-state index in [9.17, 15) is 8.78 Å². The molecule has 2 nitrogen and oxygen atoms in total. The third-order valence-electron chi connectivity index (χ3n) is 2.19. The molecule has 0 fully saturated rings. The largest absolute Gasteiger partial charge is 0.433 e. The van der Waals surface area contributed by atoms with Crippen molar-refractivity contribution in [3.8, 4) is 5.75 Å². The number of alkyl halides is 2. The van der Waals surface area contributed by atoms with Gasteiger partial charge in [0, 0.05) is 11.4 Å². The molecule has 2 aromatic rings. The fourth-order valence-electron chi connectivity index (χ4n) is 1.44. The van der Waals surface area contributed by atoms with Gasteiger partial charge in [0.05, 0.1) is 9.47 Å². The Hall–Kier alpha value is -1.14. The Morgan fingerprint density at radius 2 is 2.00 bits per heavy atom. The van der Waals surface area contributed by atoms with E-state index in [4.69, 9.17) is 0 Å². The third kappa shape index (κ3) is 3.68. The number of rotatable bonds is 5. The number of hydrogen-bond acceptors (Lipinski definition) is 3. The molecular formula is C12H10BrF2NOS. The summed E-state index contributed by atoms with van der Waals surface area (Å²) in [7, 11) is 0. The molecule has 0 amide bonds. The van der Waals surface area contributed by atoms with Crippen LogP contribution >= 0.6 is 27.3 Å². The fourth-order valence-corrected chi connectivity index (χ4v) is 2.86. The first-order chi connectivity index (χ1) is 8.65. The molecular weight excluding hydrogens is 324 g/mol. The van der Waals surface area contributed by atoms with Gasteiger partial charge < -0.3 is 10.1 Å². The summed E-state index contributed by atoms with van der Waals surface area (Å²) in [4.78, 5) is 1.11. The molecule has 1 N–H and O–H groups in total. The Bertz CT molecular complexity index is 518. The van der Waals surface area contributed by atoms with Gasteiger partial charge in [0.15, 0.2) is 0 Å². The van der Waals surface area contributed by atoms with Crippen molar-refractivity contribution in [2.24, 2.45) is 0 Å². The lowest BCUT2D eigenvalue weighted by atomic mass is 10.3. The summed E-state index contributed by atoms with van der Waals surface area (Å²) in [6, 6.07) is 10.6. The van der Waals surface area contributed by atoms with Crippen molar-refractivity contribution in [1.29, 1.82) is 0 Å². The Balaban J connectivity index is 2.04. The molecule has 0 aliphatic heterocycles. The predicted molar refractivity (Wildman–Crippen MR) is 72.4 cm³/mol. The van der Waals surface area contributed by atoms with Gasteiger partial charge in [-0.1, -0.05) is 12.1 Å². The van der Waals surface area contributed by atoms with Crippen LogP contribution in [0.3, 0.4) is 0 Å². The van der Waals surface area contributed by atoms with Crippen LogP contribution in [-0.2, 0) is 6.54 Å². The lowest BCUT2D eigenvalue weighted by Crippen LogP contribution is -2.06. The second kappa shape index (κ2) is 6.15. The topological polar surface area (TPSA) is 21.3 Å². The Kier molecular flexibility index (Phi) is 4.54. The number of benzene rings is 1. The average Bonchev–Trinajstić information content (AvgIpc) is 2.73. The van der Waals surface area contributed by atoms with Gasteiger partial charge in [-0.2, -0.15) is 8.78 Å². The van der Waals surface area contributed by atoms with Gasteiger partial charge in [-0.25, -0.2) is 0 Å². The SMILES string of the molecule is FC(F)Oc1ccccc1NCc1ccc(Br)s1. The molecule has 0 aliphatic carbocycles. The van der Waals surface area contributed by atoms with E-state index in [0.717, 1.165) is 8.66 Å². The quantitative estimate of drug-likeness (QED) is 0.854. The molecule has 0 spiro atoms. The molecule has 1 aromatic carbocycles. The molecule has 0 saturated carbocycles. The lowest BCUT2D eigenvalue weighted by molar-refractivity contribution is -0.0493. The zero-order chi connectivity index (χ0) is 13.0. The number of para-hydroxylation sites is 2. The molecule has 1 heterocycles. The van der Waals surface area contributed by atoms with Gasteiger partial charge >= 0.3 is 6.61 Å². The summed E-state index contributed by atoms with van der Waals surface area (Å²) in [5.74, 6) is 0.156. The molecule has 18 heavy (non-hydrogen) atoms. The molecule has 0 aliphatic rings. The number of anilines is 1. The summed E-state index contributed by atoms with van der Waals surface area (Å²) in [5.41, 5.74) is 0.558. The zero-order valence-corrected chi connectivity index (χ0v) is 11.6. The van der Waals surface area contributed by atoms with Crippen LogP contribution < -0.4 is 10.1 Å². The van der Waals surface area contributed by atoms with Crippen LogP contribution in [0.1, 0.15) is 4.88 Å². The van der Waals surface area contributed by atoms with Crippen molar-refractivity contribution in [3.05, 3.63) is 45.1 Å². The molecule has 0 unspecified atom stereocenters. The van der Waals surface area contributed by atoms with E-state index in [0.29, 0.717) is 12.2 Å². The van der Waals surface area contributed by atoms with Gasteiger partial charge in [0.2, 0.25) is 0 Å². The Morgan fingerprint density at radius 3 is 2.67 bits per heavy atom. The van der Waals surface area contributed by atoms with E-state index < -0.39 is 6.61 Å². The van der Waals surface area contributed by atoms with Crippen molar-refractivity contribution in [2.75, 3.05) is 5.32 Å². The molecule has 0 atom stereocenters.